The lowest BCUT2D eigenvalue weighted by atomic mass is 10.2. The van der Waals surface area contributed by atoms with E-state index in [-0.39, 0.29) is 11.9 Å². The summed E-state index contributed by atoms with van der Waals surface area (Å²) in [6, 6.07) is 11.6. The zero-order chi connectivity index (χ0) is 17.5. The van der Waals surface area contributed by atoms with Crippen molar-refractivity contribution in [3.8, 4) is 11.8 Å². The van der Waals surface area contributed by atoms with Crippen molar-refractivity contribution in [2.75, 3.05) is 30.4 Å². The predicted molar refractivity (Wildman–Crippen MR) is 98.3 cm³/mol. The van der Waals surface area contributed by atoms with Crippen LogP contribution in [-0.4, -0.2) is 42.1 Å². The van der Waals surface area contributed by atoms with Crippen molar-refractivity contribution in [1.29, 1.82) is 0 Å². The van der Waals surface area contributed by atoms with Crippen LogP contribution in [0, 0.1) is 11.8 Å². The standard InChI is InChI=1S/C19H21N5O/c1-20-17-12-18(23-14-22-17)24-11-5-8-16(24)13-21-19(25)10-9-15-6-3-2-4-7-15/h2-4,6-7,12,14,16H,5,8,11,13H2,1H3,(H,21,25)(H,20,22,23)/t16-/m1/s1. The molecule has 128 valence electrons. The molecule has 1 fully saturated rings. The second kappa shape index (κ2) is 8.15. The van der Waals surface area contributed by atoms with Crippen LogP contribution in [0.15, 0.2) is 42.7 Å². The van der Waals surface area contributed by atoms with Gasteiger partial charge >= 0.3 is 0 Å². The van der Waals surface area contributed by atoms with Crippen LogP contribution in [0.1, 0.15) is 18.4 Å². The smallest absolute Gasteiger partial charge is 0.296 e. The van der Waals surface area contributed by atoms with Gasteiger partial charge in [0, 0.05) is 43.7 Å². The Balaban J connectivity index is 1.58. The van der Waals surface area contributed by atoms with Gasteiger partial charge in [-0.05, 0) is 25.0 Å². The normalized spacial score (nSPS) is 16.0. The Kier molecular flexibility index (Phi) is 5.47. The van der Waals surface area contributed by atoms with Gasteiger partial charge in [0.1, 0.15) is 18.0 Å². The lowest BCUT2D eigenvalue weighted by molar-refractivity contribution is -0.115. The number of nitrogens with one attached hydrogen (secondary N) is 2. The van der Waals surface area contributed by atoms with Crippen LogP contribution < -0.4 is 15.5 Å². The van der Waals surface area contributed by atoms with Crippen molar-refractivity contribution in [3.05, 3.63) is 48.3 Å². The van der Waals surface area contributed by atoms with Gasteiger partial charge in [-0.2, -0.15) is 0 Å². The number of carbonyl (C=O) groups is 1. The fraction of sp³-hybridized carbons (Fsp3) is 0.316. The number of rotatable bonds is 4. The summed E-state index contributed by atoms with van der Waals surface area (Å²) < 4.78 is 0. The molecule has 6 heteroatoms. The summed E-state index contributed by atoms with van der Waals surface area (Å²) in [6.07, 6.45) is 3.65. The van der Waals surface area contributed by atoms with E-state index in [9.17, 15) is 4.79 Å². The molecule has 2 N–H and O–H groups in total. The van der Waals surface area contributed by atoms with Crippen molar-refractivity contribution >= 4 is 17.5 Å². The summed E-state index contributed by atoms with van der Waals surface area (Å²) in [4.78, 5) is 22.7. The highest BCUT2D eigenvalue weighted by Gasteiger charge is 2.26. The summed E-state index contributed by atoms with van der Waals surface area (Å²) in [7, 11) is 1.83. The largest absolute Gasteiger partial charge is 0.373 e. The number of hydrogen-bond donors (Lipinski definition) is 2. The van der Waals surface area contributed by atoms with Crippen LogP contribution in [-0.2, 0) is 4.79 Å². The Morgan fingerprint density at radius 2 is 2.16 bits per heavy atom. The molecule has 1 saturated heterocycles. The van der Waals surface area contributed by atoms with Crippen molar-refractivity contribution in [2.24, 2.45) is 0 Å². The van der Waals surface area contributed by atoms with E-state index in [1.54, 1.807) is 6.33 Å². The lowest BCUT2D eigenvalue weighted by Crippen LogP contribution is -2.40. The van der Waals surface area contributed by atoms with Gasteiger partial charge in [-0.3, -0.25) is 4.79 Å². The Morgan fingerprint density at radius 1 is 1.32 bits per heavy atom. The van der Waals surface area contributed by atoms with Crippen LogP contribution in [0.25, 0.3) is 0 Å². The van der Waals surface area contributed by atoms with Crippen molar-refractivity contribution in [1.82, 2.24) is 15.3 Å². The quantitative estimate of drug-likeness (QED) is 0.832. The zero-order valence-corrected chi connectivity index (χ0v) is 14.2. The molecule has 3 rings (SSSR count). The maximum absolute atomic E-state index is 12.0. The Hall–Kier alpha value is -3.07. The number of nitrogens with zero attached hydrogens (tertiary/aromatic N) is 3. The molecule has 2 heterocycles. The second-order valence-corrected chi connectivity index (χ2v) is 5.83. The Labute approximate surface area is 147 Å². The van der Waals surface area contributed by atoms with Gasteiger partial charge in [-0.25, -0.2) is 9.97 Å². The molecule has 0 radical (unpaired) electrons. The molecular formula is C19H21N5O. The lowest BCUT2D eigenvalue weighted by Gasteiger charge is -2.25. The van der Waals surface area contributed by atoms with Gasteiger partial charge in [0.15, 0.2) is 0 Å². The second-order valence-electron chi connectivity index (χ2n) is 5.83. The third-order valence-corrected chi connectivity index (χ3v) is 4.17. The van der Waals surface area contributed by atoms with Crippen LogP contribution in [0.5, 0.6) is 0 Å². The number of aromatic nitrogens is 2. The van der Waals surface area contributed by atoms with Crippen LogP contribution in [0.2, 0.25) is 0 Å². The molecule has 1 amide bonds. The molecule has 0 bridgehead atoms. The summed E-state index contributed by atoms with van der Waals surface area (Å²) in [5.74, 6) is 6.93. The number of carbonyl (C=O) groups excluding carboxylic acids is 1. The summed E-state index contributed by atoms with van der Waals surface area (Å²) in [5.41, 5.74) is 0.834. The Morgan fingerprint density at radius 3 is 2.96 bits per heavy atom. The highest BCUT2D eigenvalue weighted by atomic mass is 16.1. The summed E-state index contributed by atoms with van der Waals surface area (Å²) in [5, 5.41) is 5.93. The maximum atomic E-state index is 12.0. The van der Waals surface area contributed by atoms with E-state index >= 15 is 0 Å². The van der Waals surface area contributed by atoms with Crippen LogP contribution in [0.4, 0.5) is 11.6 Å². The van der Waals surface area contributed by atoms with Gasteiger partial charge in [-0.1, -0.05) is 24.1 Å². The third kappa shape index (κ3) is 4.48. The van der Waals surface area contributed by atoms with Gasteiger partial charge in [0.25, 0.3) is 5.91 Å². The first-order valence-corrected chi connectivity index (χ1v) is 8.37. The van der Waals surface area contributed by atoms with E-state index in [2.05, 4.69) is 37.3 Å². The molecule has 6 nitrogen and oxygen atoms in total. The minimum absolute atomic E-state index is 0.224. The molecule has 1 atom stereocenters. The summed E-state index contributed by atoms with van der Waals surface area (Å²) >= 11 is 0. The van der Waals surface area contributed by atoms with E-state index in [4.69, 9.17) is 0 Å². The molecule has 1 aliphatic heterocycles. The summed E-state index contributed by atoms with van der Waals surface area (Å²) in [6.45, 7) is 1.48. The van der Waals surface area contributed by atoms with Gasteiger partial charge in [0.2, 0.25) is 0 Å². The minimum atomic E-state index is -0.255. The van der Waals surface area contributed by atoms with Gasteiger partial charge < -0.3 is 15.5 Å². The van der Waals surface area contributed by atoms with E-state index in [0.717, 1.165) is 36.6 Å². The zero-order valence-electron chi connectivity index (χ0n) is 14.2. The first-order chi connectivity index (χ1) is 12.3. The molecule has 1 aliphatic rings. The first-order valence-electron chi connectivity index (χ1n) is 8.37. The van der Waals surface area contributed by atoms with Crippen molar-refractivity contribution in [2.45, 2.75) is 18.9 Å². The topological polar surface area (TPSA) is 70.2 Å². The van der Waals surface area contributed by atoms with Gasteiger partial charge in [-0.15, -0.1) is 0 Å². The molecule has 0 aliphatic carbocycles. The fourth-order valence-electron chi connectivity index (χ4n) is 2.90. The molecule has 25 heavy (non-hydrogen) atoms. The molecule has 1 aromatic heterocycles. The number of hydrogen-bond acceptors (Lipinski definition) is 5. The van der Waals surface area contributed by atoms with E-state index < -0.39 is 0 Å². The van der Waals surface area contributed by atoms with E-state index in [0.29, 0.717) is 6.54 Å². The molecule has 0 unspecified atom stereocenters. The van der Waals surface area contributed by atoms with Gasteiger partial charge in [0.05, 0.1) is 0 Å². The van der Waals surface area contributed by atoms with Crippen molar-refractivity contribution in [3.63, 3.8) is 0 Å². The SMILES string of the molecule is CNc1cc(N2CCC[C@@H]2CNC(=O)C#Cc2ccccc2)ncn1. The third-order valence-electron chi connectivity index (χ3n) is 4.17. The number of amides is 1. The average molecular weight is 335 g/mol. The van der Waals surface area contributed by atoms with Crippen LogP contribution in [0.3, 0.4) is 0 Å². The van der Waals surface area contributed by atoms with E-state index in [1.165, 1.54) is 0 Å². The minimum Gasteiger partial charge on any atom is -0.373 e. The fourth-order valence-corrected chi connectivity index (χ4v) is 2.90. The molecule has 0 spiro atoms. The van der Waals surface area contributed by atoms with Crippen molar-refractivity contribution < 1.29 is 4.79 Å². The number of benzene rings is 1. The van der Waals surface area contributed by atoms with E-state index in [1.807, 2.05) is 43.4 Å². The number of anilines is 2. The molecule has 1 aromatic carbocycles. The highest BCUT2D eigenvalue weighted by Crippen LogP contribution is 2.24. The first kappa shape index (κ1) is 16.8. The van der Waals surface area contributed by atoms with Crippen LogP contribution >= 0.6 is 0 Å². The molecule has 2 aromatic rings. The average Bonchev–Trinajstić information content (AvgIpc) is 3.14. The maximum Gasteiger partial charge on any atom is 0.296 e. The molecular weight excluding hydrogens is 314 g/mol. The molecule has 0 saturated carbocycles. The Bertz CT molecular complexity index is 781. The predicted octanol–water partition coefficient (Wildman–Crippen LogP) is 1.65. The monoisotopic (exact) mass is 335 g/mol. The highest BCUT2D eigenvalue weighted by molar-refractivity contribution is 5.94.